The van der Waals surface area contributed by atoms with Gasteiger partial charge in [0.1, 0.15) is 17.6 Å². The van der Waals surface area contributed by atoms with Gasteiger partial charge in [0.15, 0.2) is 6.10 Å². The van der Waals surface area contributed by atoms with E-state index in [-0.39, 0.29) is 42.6 Å². The van der Waals surface area contributed by atoms with Crippen LogP contribution >= 0.6 is 0 Å². The van der Waals surface area contributed by atoms with Crippen molar-refractivity contribution in [3.63, 3.8) is 0 Å². The van der Waals surface area contributed by atoms with Gasteiger partial charge in [-0.1, -0.05) is 44.2 Å². The molecule has 1 saturated heterocycles. The Hall–Kier alpha value is -3.46. The zero-order valence-electron chi connectivity index (χ0n) is 20.8. The highest BCUT2D eigenvalue weighted by atomic mass is 19.1. The maximum Gasteiger partial charge on any atom is 0.345 e. The highest BCUT2D eigenvalue weighted by molar-refractivity contribution is 5.88. The van der Waals surface area contributed by atoms with Crippen molar-refractivity contribution in [3.05, 3.63) is 65.5 Å². The summed E-state index contributed by atoms with van der Waals surface area (Å²) in [7, 11) is 0. The minimum Gasteiger partial charge on any atom is -0.478 e. The topological polar surface area (TPSA) is 124 Å². The van der Waals surface area contributed by atoms with Gasteiger partial charge in [0.05, 0.1) is 12.5 Å². The molecule has 1 fully saturated rings. The minimum atomic E-state index is -1.02. The van der Waals surface area contributed by atoms with Gasteiger partial charge in [-0.05, 0) is 42.2 Å². The van der Waals surface area contributed by atoms with Crippen LogP contribution < -0.4 is 15.8 Å². The van der Waals surface area contributed by atoms with E-state index in [0.29, 0.717) is 30.7 Å². The van der Waals surface area contributed by atoms with Gasteiger partial charge in [-0.15, -0.1) is 0 Å². The fourth-order valence-electron chi connectivity index (χ4n) is 4.36. The van der Waals surface area contributed by atoms with Gasteiger partial charge < -0.3 is 25.8 Å². The Bertz CT molecular complexity index is 1060. The third kappa shape index (κ3) is 7.27. The van der Waals surface area contributed by atoms with Crippen molar-refractivity contribution in [2.24, 2.45) is 5.92 Å². The lowest BCUT2D eigenvalue weighted by molar-refractivity contribution is -0.418. The number of hydrogen-bond acceptors (Lipinski definition) is 4. The zero-order valence-corrected chi connectivity index (χ0v) is 20.8. The summed E-state index contributed by atoms with van der Waals surface area (Å²) in [4.78, 5) is 38.7. The van der Waals surface area contributed by atoms with Gasteiger partial charge in [0.25, 0.3) is 0 Å². The summed E-state index contributed by atoms with van der Waals surface area (Å²) >= 11 is 0. The van der Waals surface area contributed by atoms with Crippen LogP contribution in [0.4, 0.5) is 4.39 Å². The number of amides is 2. The van der Waals surface area contributed by atoms with Gasteiger partial charge in [0, 0.05) is 25.4 Å². The number of nitrogens with one attached hydrogen (secondary N) is 1. The first kappa shape index (κ1) is 27.1. The Balaban J connectivity index is 1.51. The van der Waals surface area contributed by atoms with Crippen molar-refractivity contribution in [2.45, 2.75) is 64.3 Å². The van der Waals surface area contributed by atoms with Crippen molar-refractivity contribution in [1.29, 1.82) is 0 Å². The molecule has 1 heterocycles. The number of aliphatic carboxylic acids is 1. The molecule has 194 valence electrons. The second kappa shape index (κ2) is 12.5. The molecule has 1 aliphatic rings. The fraction of sp³-hybridized carbons (Fsp3) is 0.444. The van der Waals surface area contributed by atoms with Crippen LogP contribution in [-0.2, 0) is 27.3 Å². The summed E-state index contributed by atoms with van der Waals surface area (Å²) in [6.07, 6.45) is 0.892. The zero-order chi connectivity index (χ0) is 26.2. The van der Waals surface area contributed by atoms with Crippen LogP contribution in [0.15, 0.2) is 48.5 Å². The van der Waals surface area contributed by atoms with Crippen molar-refractivity contribution < 1.29 is 34.4 Å². The molecular formula is C27H35FN3O5+. The Morgan fingerprint density at radius 1 is 1.17 bits per heavy atom. The van der Waals surface area contributed by atoms with Gasteiger partial charge in [-0.25, -0.2) is 9.18 Å². The number of benzene rings is 2. The van der Waals surface area contributed by atoms with Gasteiger partial charge in [-0.3, -0.25) is 9.59 Å². The molecule has 0 radical (unpaired) electrons. The Labute approximate surface area is 210 Å². The SMILES string of the molecule is CC(C)[C@H](Oc1ccc(CNC(=O)[C@@H]2CCCN2C(=O)CC([NH3+])Cc2ccccc2F)cc1)C(=O)O. The van der Waals surface area contributed by atoms with Crippen molar-refractivity contribution in [2.75, 3.05) is 6.54 Å². The lowest BCUT2D eigenvalue weighted by atomic mass is 10.0. The van der Waals surface area contributed by atoms with Crippen LogP contribution in [0, 0.1) is 11.7 Å². The number of carbonyl (C=O) groups excluding carboxylic acids is 2. The van der Waals surface area contributed by atoms with E-state index in [0.717, 1.165) is 12.0 Å². The number of rotatable bonds is 11. The summed E-state index contributed by atoms with van der Waals surface area (Å²) in [6, 6.07) is 12.5. The molecule has 3 atom stereocenters. The molecule has 2 aromatic carbocycles. The van der Waals surface area contributed by atoms with Gasteiger partial charge >= 0.3 is 5.97 Å². The summed E-state index contributed by atoms with van der Waals surface area (Å²) in [6.45, 7) is 4.34. The molecule has 0 bridgehead atoms. The maximum absolute atomic E-state index is 13.9. The number of ether oxygens (including phenoxy) is 1. The van der Waals surface area contributed by atoms with Crippen molar-refractivity contribution in [1.82, 2.24) is 10.2 Å². The highest BCUT2D eigenvalue weighted by Crippen LogP contribution is 2.21. The second-order valence-electron chi connectivity index (χ2n) is 9.59. The Morgan fingerprint density at radius 3 is 2.50 bits per heavy atom. The average Bonchev–Trinajstić information content (AvgIpc) is 3.33. The maximum atomic E-state index is 13.9. The Morgan fingerprint density at radius 2 is 1.86 bits per heavy atom. The molecule has 1 aliphatic heterocycles. The van der Waals surface area contributed by atoms with Crippen LogP contribution in [0.5, 0.6) is 5.75 Å². The number of carboxylic acid groups (broad SMARTS) is 1. The Kier molecular flexibility index (Phi) is 9.41. The molecule has 0 saturated carbocycles. The van der Waals surface area contributed by atoms with Crippen LogP contribution in [0.2, 0.25) is 0 Å². The molecule has 2 amide bonds. The average molecular weight is 501 g/mol. The van der Waals surface area contributed by atoms with E-state index in [9.17, 15) is 23.9 Å². The number of quaternary nitrogens is 1. The van der Waals surface area contributed by atoms with E-state index in [2.05, 4.69) is 11.1 Å². The van der Waals surface area contributed by atoms with Gasteiger partial charge in [0.2, 0.25) is 11.8 Å². The smallest absolute Gasteiger partial charge is 0.345 e. The molecule has 0 aliphatic carbocycles. The fourth-order valence-corrected chi connectivity index (χ4v) is 4.36. The highest BCUT2D eigenvalue weighted by Gasteiger charge is 2.35. The summed E-state index contributed by atoms with van der Waals surface area (Å²) in [5, 5.41) is 12.2. The predicted octanol–water partition coefficient (Wildman–Crippen LogP) is 2.16. The molecule has 3 rings (SSSR count). The standard InChI is InChI=1S/C27H34FN3O5/c1-17(2)25(27(34)35)36-21-11-9-18(10-12-21)16-30-26(33)23-8-5-13-31(23)24(32)15-20(29)14-19-6-3-4-7-22(19)28/h3-4,6-7,9-12,17,20,23,25H,5,8,13-16,29H2,1-2H3,(H,30,33)(H,34,35)/p+1/t20?,23-,25-/m0/s1. The summed E-state index contributed by atoms with van der Waals surface area (Å²) < 4.78 is 19.5. The number of hydrogen-bond donors (Lipinski definition) is 3. The molecular weight excluding hydrogens is 465 g/mol. The molecule has 5 N–H and O–H groups in total. The molecule has 0 aromatic heterocycles. The second-order valence-corrected chi connectivity index (χ2v) is 9.59. The lowest BCUT2D eigenvalue weighted by Crippen LogP contribution is -2.63. The van der Waals surface area contributed by atoms with Crippen molar-refractivity contribution >= 4 is 17.8 Å². The van der Waals surface area contributed by atoms with Crippen LogP contribution in [0.1, 0.15) is 44.2 Å². The third-order valence-electron chi connectivity index (χ3n) is 6.31. The van der Waals surface area contributed by atoms with Crippen LogP contribution in [0.25, 0.3) is 0 Å². The van der Waals surface area contributed by atoms with E-state index in [1.165, 1.54) is 6.07 Å². The minimum absolute atomic E-state index is 0.146. The van der Waals surface area contributed by atoms with Crippen LogP contribution in [-0.4, -0.2) is 52.5 Å². The molecule has 36 heavy (non-hydrogen) atoms. The van der Waals surface area contributed by atoms with E-state index in [1.807, 2.05) is 0 Å². The lowest BCUT2D eigenvalue weighted by Gasteiger charge is -2.25. The van der Waals surface area contributed by atoms with E-state index < -0.39 is 18.1 Å². The number of carboxylic acids is 1. The van der Waals surface area contributed by atoms with Crippen LogP contribution in [0.3, 0.4) is 0 Å². The van der Waals surface area contributed by atoms with E-state index in [1.54, 1.807) is 61.2 Å². The summed E-state index contributed by atoms with van der Waals surface area (Å²) in [5.74, 6) is -1.44. The normalized spacial score (nSPS) is 17.0. The quantitative estimate of drug-likeness (QED) is 0.436. The van der Waals surface area contributed by atoms with E-state index in [4.69, 9.17) is 4.74 Å². The largest absolute Gasteiger partial charge is 0.478 e. The molecule has 9 heteroatoms. The third-order valence-corrected chi connectivity index (χ3v) is 6.31. The molecule has 0 spiro atoms. The first-order valence-electron chi connectivity index (χ1n) is 12.3. The molecule has 1 unspecified atom stereocenters. The first-order chi connectivity index (χ1) is 17.2. The predicted molar refractivity (Wildman–Crippen MR) is 131 cm³/mol. The number of halogens is 1. The van der Waals surface area contributed by atoms with Gasteiger partial charge in [-0.2, -0.15) is 0 Å². The first-order valence-corrected chi connectivity index (χ1v) is 12.3. The summed E-state index contributed by atoms with van der Waals surface area (Å²) in [5.41, 5.74) is 5.37. The van der Waals surface area contributed by atoms with E-state index >= 15 is 0 Å². The van der Waals surface area contributed by atoms with Crippen molar-refractivity contribution in [3.8, 4) is 5.75 Å². The monoisotopic (exact) mass is 500 g/mol. The number of carbonyl (C=O) groups is 3. The number of likely N-dealkylation sites (tertiary alicyclic amines) is 1. The molecule has 8 nitrogen and oxygen atoms in total. The molecule has 2 aromatic rings. The number of nitrogens with zero attached hydrogens (tertiary/aromatic N) is 1.